The first-order valence-electron chi connectivity index (χ1n) is 5.97. The van der Waals surface area contributed by atoms with Crippen LogP contribution in [0.15, 0.2) is 0 Å². The lowest BCUT2D eigenvalue weighted by molar-refractivity contribution is 0.357. The van der Waals surface area contributed by atoms with Crippen LogP contribution in [0.25, 0.3) is 0 Å². The second-order valence-corrected chi connectivity index (χ2v) is 6.20. The number of likely N-dealkylation sites (N-methyl/N-ethyl adjacent to an activating group) is 1. The molecule has 1 aliphatic rings. The molecule has 1 rings (SSSR count). The van der Waals surface area contributed by atoms with E-state index in [9.17, 15) is 8.42 Å². The van der Waals surface area contributed by atoms with E-state index in [2.05, 4.69) is 5.32 Å². The summed E-state index contributed by atoms with van der Waals surface area (Å²) < 4.78 is 27.2. The first-order chi connectivity index (χ1) is 7.52. The fourth-order valence-electron chi connectivity index (χ4n) is 2.06. The summed E-state index contributed by atoms with van der Waals surface area (Å²) in [6, 6.07) is 0.315. The Labute approximate surface area is 99.0 Å². The van der Waals surface area contributed by atoms with Crippen molar-refractivity contribution in [3.05, 3.63) is 0 Å². The molecule has 1 aliphatic heterocycles. The van der Waals surface area contributed by atoms with Crippen molar-refractivity contribution in [3.63, 3.8) is 0 Å². The van der Waals surface area contributed by atoms with Crippen LogP contribution in [0.1, 0.15) is 26.7 Å². The average Bonchev–Trinajstić information content (AvgIpc) is 2.71. The minimum Gasteiger partial charge on any atom is -0.313 e. The molecule has 0 spiro atoms. The largest absolute Gasteiger partial charge is 0.313 e. The van der Waals surface area contributed by atoms with E-state index in [1.165, 1.54) is 8.61 Å². The Kier molecular flexibility index (Phi) is 5.17. The zero-order chi connectivity index (χ0) is 12.2. The van der Waals surface area contributed by atoms with Gasteiger partial charge in [0.2, 0.25) is 0 Å². The lowest BCUT2D eigenvalue weighted by atomic mass is 10.2. The van der Waals surface area contributed by atoms with Crippen LogP contribution < -0.4 is 5.32 Å². The summed E-state index contributed by atoms with van der Waals surface area (Å²) in [6.45, 7) is 6.36. The van der Waals surface area contributed by atoms with Crippen molar-refractivity contribution in [1.82, 2.24) is 13.9 Å². The minimum absolute atomic E-state index is 0.315. The van der Waals surface area contributed by atoms with Gasteiger partial charge < -0.3 is 5.32 Å². The van der Waals surface area contributed by atoms with Crippen molar-refractivity contribution < 1.29 is 8.42 Å². The van der Waals surface area contributed by atoms with E-state index in [1.807, 2.05) is 13.8 Å². The van der Waals surface area contributed by atoms with Gasteiger partial charge in [0.15, 0.2) is 0 Å². The van der Waals surface area contributed by atoms with Crippen LogP contribution in [0.2, 0.25) is 0 Å². The Morgan fingerprint density at radius 3 is 2.38 bits per heavy atom. The first-order valence-corrected chi connectivity index (χ1v) is 7.36. The second kappa shape index (κ2) is 5.95. The molecule has 1 saturated heterocycles. The summed E-state index contributed by atoms with van der Waals surface area (Å²) in [5, 5.41) is 3.31. The first kappa shape index (κ1) is 13.9. The maximum absolute atomic E-state index is 12.1. The van der Waals surface area contributed by atoms with Gasteiger partial charge in [-0.2, -0.15) is 17.0 Å². The predicted octanol–water partition coefficient (Wildman–Crippen LogP) is 0.257. The molecule has 16 heavy (non-hydrogen) atoms. The molecule has 1 heterocycles. The maximum atomic E-state index is 12.1. The molecule has 0 saturated carbocycles. The molecular formula is C10H23N3O2S. The van der Waals surface area contributed by atoms with Gasteiger partial charge in [-0.25, -0.2) is 0 Å². The van der Waals surface area contributed by atoms with Crippen molar-refractivity contribution in [2.75, 3.05) is 33.2 Å². The third-order valence-electron chi connectivity index (χ3n) is 3.07. The van der Waals surface area contributed by atoms with Crippen LogP contribution in [0.4, 0.5) is 0 Å². The molecule has 96 valence electrons. The molecule has 1 N–H and O–H groups in total. The summed E-state index contributed by atoms with van der Waals surface area (Å²) in [4.78, 5) is 0. The summed E-state index contributed by atoms with van der Waals surface area (Å²) in [7, 11) is -1.60. The normalized spacial score (nSPS) is 22.2. The fourth-order valence-corrected chi connectivity index (χ4v) is 3.48. The highest BCUT2D eigenvalue weighted by Crippen LogP contribution is 2.11. The summed E-state index contributed by atoms with van der Waals surface area (Å²) in [5.41, 5.74) is 0. The highest BCUT2D eigenvalue weighted by Gasteiger charge is 2.27. The van der Waals surface area contributed by atoms with Gasteiger partial charge in [-0.3, -0.25) is 0 Å². The van der Waals surface area contributed by atoms with Crippen molar-refractivity contribution in [3.8, 4) is 0 Å². The van der Waals surface area contributed by atoms with Gasteiger partial charge in [-0.15, -0.1) is 0 Å². The Bertz CT molecular complexity index is 295. The molecule has 0 amide bonds. The third kappa shape index (κ3) is 3.16. The zero-order valence-corrected chi connectivity index (χ0v) is 11.3. The van der Waals surface area contributed by atoms with Crippen molar-refractivity contribution in [1.29, 1.82) is 0 Å². The zero-order valence-electron chi connectivity index (χ0n) is 10.4. The molecule has 0 aromatic heterocycles. The predicted molar refractivity (Wildman–Crippen MR) is 65.5 cm³/mol. The third-order valence-corrected chi connectivity index (χ3v) is 5.17. The Morgan fingerprint density at radius 2 is 1.94 bits per heavy atom. The van der Waals surface area contributed by atoms with Gasteiger partial charge in [0, 0.05) is 32.7 Å². The minimum atomic E-state index is -3.26. The summed E-state index contributed by atoms with van der Waals surface area (Å²) >= 11 is 0. The smallest absolute Gasteiger partial charge is 0.281 e. The van der Waals surface area contributed by atoms with Crippen LogP contribution in [-0.2, 0) is 10.2 Å². The van der Waals surface area contributed by atoms with Crippen molar-refractivity contribution >= 4 is 10.2 Å². The summed E-state index contributed by atoms with van der Waals surface area (Å²) in [5.74, 6) is 0. The Hall–Kier alpha value is -0.170. The van der Waals surface area contributed by atoms with Crippen molar-refractivity contribution in [2.45, 2.75) is 32.7 Å². The molecule has 0 radical (unpaired) electrons. The standard InChI is InChI=1S/C10H23N3O2S/c1-4-13(5-2)16(14,15)12(3)9-10-7-6-8-11-10/h10-11H,4-9H2,1-3H3. The summed E-state index contributed by atoms with van der Waals surface area (Å²) in [6.07, 6.45) is 2.21. The molecule has 6 heteroatoms. The molecule has 5 nitrogen and oxygen atoms in total. The SMILES string of the molecule is CCN(CC)S(=O)(=O)N(C)CC1CCCN1. The second-order valence-electron chi connectivity index (χ2n) is 4.17. The molecule has 1 unspecified atom stereocenters. The van der Waals surface area contributed by atoms with Gasteiger partial charge in [0.25, 0.3) is 10.2 Å². The van der Waals surface area contributed by atoms with Gasteiger partial charge in [-0.05, 0) is 19.4 Å². The lowest BCUT2D eigenvalue weighted by Gasteiger charge is -2.27. The van der Waals surface area contributed by atoms with Crippen LogP contribution in [0, 0.1) is 0 Å². The number of hydrogen-bond acceptors (Lipinski definition) is 3. The molecule has 0 aromatic carbocycles. The lowest BCUT2D eigenvalue weighted by Crippen LogP contribution is -2.46. The van der Waals surface area contributed by atoms with Crippen molar-refractivity contribution in [2.24, 2.45) is 0 Å². The molecule has 0 bridgehead atoms. The van der Waals surface area contributed by atoms with E-state index < -0.39 is 10.2 Å². The van der Waals surface area contributed by atoms with E-state index in [4.69, 9.17) is 0 Å². The Balaban J connectivity index is 2.59. The average molecular weight is 249 g/mol. The topological polar surface area (TPSA) is 52.7 Å². The maximum Gasteiger partial charge on any atom is 0.281 e. The van der Waals surface area contributed by atoms with Gasteiger partial charge >= 0.3 is 0 Å². The van der Waals surface area contributed by atoms with E-state index in [0.29, 0.717) is 25.7 Å². The van der Waals surface area contributed by atoms with Gasteiger partial charge in [0.05, 0.1) is 0 Å². The highest BCUT2D eigenvalue weighted by atomic mass is 32.2. The quantitative estimate of drug-likeness (QED) is 0.734. The number of hydrogen-bond donors (Lipinski definition) is 1. The van der Waals surface area contributed by atoms with Crippen LogP contribution in [0.5, 0.6) is 0 Å². The van der Waals surface area contributed by atoms with E-state index in [1.54, 1.807) is 7.05 Å². The van der Waals surface area contributed by atoms with E-state index in [-0.39, 0.29) is 0 Å². The van der Waals surface area contributed by atoms with Gasteiger partial charge in [0.1, 0.15) is 0 Å². The monoisotopic (exact) mass is 249 g/mol. The molecule has 0 aliphatic carbocycles. The van der Waals surface area contributed by atoms with Gasteiger partial charge in [-0.1, -0.05) is 13.8 Å². The molecule has 1 atom stereocenters. The molecule has 0 aromatic rings. The molecular weight excluding hydrogens is 226 g/mol. The van der Waals surface area contributed by atoms with Crippen LogP contribution in [0.3, 0.4) is 0 Å². The fraction of sp³-hybridized carbons (Fsp3) is 1.00. The number of rotatable bonds is 6. The van der Waals surface area contributed by atoms with Crippen LogP contribution >= 0.6 is 0 Å². The Morgan fingerprint density at radius 1 is 1.31 bits per heavy atom. The number of nitrogens with zero attached hydrogens (tertiary/aromatic N) is 2. The van der Waals surface area contributed by atoms with E-state index in [0.717, 1.165) is 19.4 Å². The highest BCUT2D eigenvalue weighted by molar-refractivity contribution is 7.86. The van der Waals surface area contributed by atoms with Crippen LogP contribution in [-0.4, -0.2) is 56.3 Å². The molecule has 1 fully saturated rings. The number of nitrogens with one attached hydrogen (secondary N) is 1. The van der Waals surface area contributed by atoms with E-state index >= 15 is 0 Å².